The number of hydrogen-bond acceptors (Lipinski definition) is 3. The van der Waals surface area contributed by atoms with Crippen LogP contribution < -0.4 is 10.0 Å². The van der Waals surface area contributed by atoms with Crippen molar-refractivity contribution in [1.82, 2.24) is 10.0 Å². The van der Waals surface area contributed by atoms with Gasteiger partial charge in [-0.1, -0.05) is 36.8 Å². The molecule has 142 valence electrons. The lowest BCUT2D eigenvalue weighted by Gasteiger charge is -2.42. The molecule has 6 heteroatoms. The van der Waals surface area contributed by atoms with Crippen LogP contribution in [-0.2, 0) is 15.4 Å². The van der Waals surface area contributed by atoms with Gasteiger partial charge in [-0.25, -0.2) is 13.1 Å². The summed E-state index contributed by atoms with van der Waals surface area (Å²) in [6.45, 7) is 0.596. The number of benzene rings is 2. The van der Waals surface area contributed by atoms with Crippen LogP contribution in [0.15, 0.2) is 59.5 Å². The van der Waals surface area contributed by atoms with E-state index in [1.54, 1.807) is 12.1 Å². The molecule has 2 aliphatic carbocycles. The highest BCUT2D eigenvalue weighted by Crippen LogP contribution is 2.43. The van der Waals surface area contributed by atoms with E-state index in [4.69, 9.17) is 0 Å². The Kier molecular flexibility index (Phi) is 4.78. The molecule has 0 radical (unpaired) electrons. The quantitative estimate of drug-likeness (QED) is 0.771. The van der Waals surface area contributed by atoms with Gasteiger partial charge in [-0.2, -0.15) is 0 Å². The molecule has 0 atom stereocenters. The lowest BCUT2D eigenvalue weighted by atomic mass is 9.64. The summed E-state index contributed by atoms with van der Waals surface area (Å²) in [5.74, 6) is -0.170. The molecule has 1 amide bonds. The van der Waals surface area contributed by atoms with Crippen molar-refractivity contribution in [2.75, 3.05) is 6.54 Å². The van der Waals surface area contributed by atoms with Gasteiger partial charge in [0.1, 0.15) is 0 Å². The van der Waals surface area contributed by atoms with Gasteiger partial charge in [-0.05, 0) is 55.5 Å². The predicted octanol–water partition coefficient (Wildman–Crippen LogP) is 2.98. The summed E-state index contributed by atoms with van der Waals surface area (Å²) in [7, 11) is -3.49. The first-order valence-corrected chi connectivity index (χ1v) is 10.9. The zero-order valence-corrected chi connectivity index (χ0v) is 16.0. The third-order valence-corrected chi connectivity index (χ3v) is 7.15. The number of nitrogens with one attached hydrogen (secondary N) is 2. The van der Waals surface area contributed by atoms with Crippen molar-refractivity contribution in [3.8, 4) is 0 Å². The predicted molar refractivity (Wildman–Crippen MR) is 104 cm³/mol. The van der Waals surface area contributed by atoms with E-state index in [0.29, 0.717) is 12.1 Å². The van der Waals surface area contributed by atoms with Crippen molar-refractivity contribution in [1.29, 1.82) is 0 Å². The van der Waals surface area contributed by atoms with E-state index < -0.39 is 10.0 Å². The molecule has 0 aromatic heterocycles. The lowest BCUT2D eigenvalue weighted by molar-refractivity contribution is 0.0927. The summed E-state index contributed by atoms with van der Waals surface area (Å²) >= 11 is 0. The molecule has 2 aromatic carbocycles. The zero-order valence-electron chi connectivity index (χ0n) is 15.1. The highest BCUT2D eigenvalue weighted by Gasteiger charge is 2.38. The van der Waals surface area contributed by atoms with Crippen LogP contribution in [0.25, 0.3) is 0 Å². The summed E-state index contributed by atoms with van der Waals surface area (Å²) in [6.07, 6.45) is 5.10. The van der Waals surface area contributed by atoms with Gasteiger partial charge in [-0.3, -0.25) is 4.79 Å². The Morgan fingerprint density at radius 1 is 1.00 bits per heavy atom. The topological polar surface area (TPSA) is 75.3 Å². The standard InChI is InChI=1S/C21H24N2O3S/c24-20(22-15-21(13-4-14-21)17-5-2-1-3-6-17)16-7-11-19(12-8-16)27(25,26)23-18-9-10-18/h1-3,5-8,11-12,18,23H,4,9-10,13-15H2,(H,22,24). The Hall–Kier alpha value is -2.18. The molecule has 0 saturated heterocycles. The average Bonchev–Trinajstić information content (AvgIpc) is 3.45. The number of sulfonamides is 1. The minimum atomic E-state index is -3.49. The van der Waals surface area contributed by atoms with Crippen LogP contribution in [-0.4, -0.2) is 26.9 Å². The first kappa shape index (κ1) is 18.2. The second kappa shape index (κ2) is 7.09. The van der Waals surface area contributed by atoms with Crippen LogP contribution in [0.2, 0.25) is 0 Å². The second-order valence-electron chi connectivity index (χ2n) is 7.60. The molecule has 2 N–H and O–H groups in total. The summed E-state index contributed by atoms with van der Waals surface area (Å²) in [5, 5.41) is 3.04. The fourth-order valence-corrected chi connectivity index (χ4v) is 4.89. The minimum absolute atomic E-state index is 0.0222. The Labute approximate surface area is 160 Å². The molecule has 2 aromatic rings. The molecule has 4 rings (SSSR count). The Bertz CT molecular complexity index is 916. The lowest BCUT2D eigenvalue weighted by Crippen LogP contribution is -2.45. The van der Waals surface area contributed by atoms with Crippen molar-refractivity contribution in [3.05, 3.63) is 65.7 Å². The van der Waals surface area contributed by atoms with E-state index in [1.165, 1.54) is 24.1 Å². The molecule has 2 aliphatic rings. The van der Waals surface area contributed by atoms with Crippen LogP contribution in [0.3, 0.4) is 0 Å². The minimum Gasteiger partial charge on any atom is -0.351 e. The smallest absolute Gasteiger partial charge is 0.251 e. The number of amides is 1. The summed E-state index contributed by atoms with van der Waals surface area (Å²) in [6, 6.07) is 16.5. The first-order chi connectivity index (χ1) is 13.0. The fourth-order valence-electron chi connectivity index (χ4n) is 3.59. The maximum atomic E-state index is 12.5. The van der Waals surface area contributed by atoms with Gasteiger partial charge in [0.25, 0.3) is 5.91 Å². The van der Waals surface area contributed by atoms with Crippen molar-refractivity contribution < 1.29 is 13.2 Å². The molecular weight excluding hydrogens is 360 g/mol. The third kappa shape index (κ3) is 3.92. The van der Waals surface area contributed by atoms with Crippen molar-refractivity contribution in [2.24, 2.45) is 0 Å². The molecule has 2 fully saturated rings. The monoisotopic (exact) mass is 384 g/mol. The Morgan fingerprint density at radius 3 is 2.22 bits per heavy atom. The van der Waals surface area contributed by atoms with Gasteiger partial charge < -0.3 is 5.32 Å². The summed E-state index contributed by atoms with van der Waals surface area (Å²) in [5.41, 5.74) is 1.76. The van der Waals surface area contributed by atoms with E-state index in [1.807, 2.05) is 18.2 Å². The highest BCUT2D eigenvalue weighted by atomic mass is 32.2. The number of rotatable bonds is 7. The van der Waals surface area contributed by atoms with Gasteiger partial charge in [0.15, 0.2) is 0 Å². The number of hydrogen-bond donors (Lipinski definition) is 2. The van der Waals surface area contributed by atoms with E-state index in [9.17, 15) is 13.2 Å². The first-order valence-electron chi connectivity index (χ1n) is 9.45. The van der Waals surface area contributed by atoms with Gasteiger partial charge in [-0.15, -0.1) is 0 Å². The van der Waals surface area contributed by atoms with Crippen LogP contribution in [0, 0.1) is 0 Å². The van der Waals surface area contributed by atoms with Gasteiger partial charge in [0, 0.05) is 23.6 Å². The maximum Gasteiger partial charge on any atom is 0.251 e. The highest BCUT2D eigenvalue weighted by molar-refractivity contribution is 7.89. The Balaban J connectivity index is 1.41. The summed E-state index contributed by atoms with van der Waals surface area (Å²) in [4.78, 5) is 12.7. The van der Waals surface area contributed by atoms with Crippen molar-refractivity contribution in [2.45, 2.75) is 48.5 Å². The molecule has 0 bridgehead atoms. The third-order valence-electron chi connectivity index (χ3n) is 5.61. The zero-order chi connectivity index (χ0) is 18.9. The normalized spacial score (nSPS) is 18.5. The molecule has 0 heterocycles. The summed E-state index contributed by atoms with van der Waals surface area (Å²) < 4.78 is 27.1. The van der Waals surface area contributed by atoms with Crippen LogP contribution in [0.1, 0.15) is 48.0 Å². The molecule has 5 nitrogen and oxygen atoms in total. The molecule has 0 aliphatic heterocycles. The molecule has 2 saturated carbocycles. The largest absolute Gasteiger partial charge is 0.351 e. The van der Waals surface area contributed by atoms with Crippen LogP contribution in [0.5, 0.6) is 0 Å². The molecule has 27 heavy (non-hydrogen) atoms. The van der Waals surface area contributed by atoms with Crippen molar-refractivity contribution >= 4 is 15.9 Å². The molecular formula is C21H24N2O3S. The number of carbonyl (C=O) groups excluding carboxylic acids is 1. The number of carbonyl (C=O) groups is 1. The van der Waals surface area contributed by atoms with Crippen LogP contribution in [0.4, 0.5) is 0 Å². The second-order valence-corrected chi connectivity index (χ2v) is 9.32. The molecule has 0 spiro atoms. The van der Waals surface area contributed by atoms with Gasteiger partial charge in [0.05, 0.1) is 4.90 Å². The van der Waals surface area contributed by atoms with E-state index in [0.717, 1.165) is 25.7 Å². The maximum absolute atomic E-state index is 12.5. The fraction of sp³-hybridized carbons (Fsp3) is 0.381. The van der Waals surface area contributed by atoms with Gasteiger partial charge in [0.2, 0.25) is 10.0 Å². The van der Waals surface area contributed by atoms with Gasteiger partial charge >= 0.3 is 0 Å². The van der Waals surface area contributed by atoms with Crippen molar-refractivity contribution in [3.63, 3.8) is 0 Å². The van der Waals surface area contributed by atoms with E-state index in [2.05, 4.69) is 22.2 Å². The SMILES string of the molecule is O=C(NCC1(c2ccccc2)CCC1)c1ccc(S(=O)(=O)NC2CC2)cc1. The average molecular weight is 385 g/mol. The van der Waals surface area contributed by atoms with Crippen LogP contribution >= 0.6 is 0 Å². The van der Waals surface area contributed by atoms with E-state index >= 15 is 0 Å². The Morgan fingerprint density at radius 2 is 1.67 bits per heavy atom. The molecule has 0 unspecified atom stereocenters. The van der Waals surface area contributed by atoms with E-state index in [-0.39, 0.29) is 22.3 Å².